The summed E-state index contributed by atoms with van der Waals surface area (Å²) >= 11 is 0. The summed E-state index contributed by atoms with van der Waals surface area (Å²) in [5, 5.41) is 2.80. The Bertz CT molecular complexity index is 878. The van der Waals surface area contributed by atoms with Crippen molar-refractivity contribution >= 4 is 17.6 Å². The molecule has 0 bridgehead atoms. The summed E-state index contributed by atoms with van der Waals surface area (Å²) < 4.78 is 0. The lowest BCUT2D eigenvalue weighted by Gasteiger charge is -2.20. The third kappa shape index (κ3) is 2.73. The number of amides is 3. The van der Waals surface area contributed by atoms with Gasteiger partial charge in [0.25, 0.3) is 5.91 Å². The first-order chi connectivity index (χ1) is 12.0. The van der Waals surface area contributed by atoms with Gasteiger partial charge in [0, 0.05) is 49.3 Å². The van der Waals surface area contributed by atoms with Gasteiger partial charge < -0.3 is 10.2 Å². The molecule has 1 aromatic carbocycles. The van der Waals surface area contributed by atoms with E-state index in [-0.39, 0.29) is 11.9 Å². The molecule has 3 amide bonds. The number of carbonyl (C=O) groups excluding carboxylic acids is 2. The highest BCUT2D eigenvalue weighted by molar-refractivity contribution is 5.99. The Morgan fingerprint density at radius 3 is 2.72 bits per heavy atom. The van der Waals surface area contributed by atoms with Crippen LogP contribution < -0.4 is 10.2 Å². The Morgan fingerprint density at radius 2 is 1.96 bits per heavy atom. The smallest absolute Gasteiger partial charge is 0.322 e. The van der Waals surface area contributed by atoms with E-state index in [9.17, 15) is 9.59 Å². The van der Waals surface area contributed by atoms with Crippen molar-refractivity contribution in [2.24, 2.45) is 0 Å². The zero-order valence-corrected chi connectivity index (χ0v) is 14.4. The minimum atomic E-state index is -0.108. The van der Waals surface area contributed by atoms with E-state index in [2.05, 4.69) is 10.3 Å². The van der Waals surface area contributed by atoms with Gasteiger partial charge in [-0.15, -0.1) is 0 Å². The molecule has 2 aliphatic rings. The van der Waals surface area contributed by atoms with E-state index < -0.39 is 0 Å². The van der Waals surface area contributed by atoms with Crippen molar-refractivity contribution in [1.29, 1.82) is 0 Å². The van der Waals surface area contributed by atoms with Crippen LogP contribution in [-0.2, 0) is 13.1 Å². The lowest BCUT2D eigenvalue weighted by molar-refractivity contribution is 0.0751. The third-order valence-corrected chi connectivity index (χ3v) is 4.83. The predicted octanol–water partition coefficient (Wildman–Crippen LogP) is 2.38. The summed E-state index contributed by atoms with van der Waals surface area (Å²) in [4.78, 5) is 32.7. The number of anilines is 1. The Kier molecular flexibility index (Phi) is 3.67. The highest BCUT2D eigenvalue weighted by Crippen LogP contribution is 2.27. The van der Waals surface area contributed by atoms with Gasteiger partial charge in [-0.1, -0.05) is 6.07 Å². The number of pyridine rings is 1. The minimum absolute atomic E-state index is 0.0188. The number of benzene rings is 1. The summed E-state index contributed by atoms with van der Waals surface area (Å²) in [7, 11) is 0. The molecule has 0 radical (unpaired) electrons. The molecule has 1 N–H and O–H groups in total. The molecule has 0 unspecified atom stereocenters. The number of urea groups is 1. The number of aromatic nitrogens is 1. The van der Waals surface area contributed by atoms with E-state index in [1.165, 1.54) is 0 Å². The molecule has 0 saturated carbocycles. The average Bonchev–Trinajstić information content (AvgIpc) is 3.20. The van der Waals surface area contributed by atoms with Crippen LogP contribution in [0.3, 0.4) is 0 Å². The van der Waals surface area contributed by atoms with Gasteiger partial charge in [-0.2, -0.15) is 0 Å². The molecular formula is C19H20N4O2. The molecule has 1 saturated heterocycles. The van der Waals surface area contributed by atoms with Crippen molar-refractivity contribution < 1.29 is 9.59 Å². The molecule has 6 heteroatoms. The Morgan fingerprint density at radius 1 is 1.16 bits per heavy atom. The molecule has 0 atom stereocenters. The zero-order chi connectivity index (χ0) is 17.6. The van der Waals surface area contributed by atoms with Gasteiger partial charge in [0.05, 0.1) is 0 Å². The van der Waals surface area contributed by atoms with Crippen LogP contribution in [-0.4, -0.2) is 34.9 Å². The van der Waals surface area contributed by atoms with Crippen LogP contribution in [0.25, 0.3) is 0 Å². The number of nitrogens with one attached hydrogen (secondary N) is 1. The van der Waals surface area contributed by atoms with Crippen LogP contribution in [0, 0.1) is 13.8 Å². The van der Waals surface area contributed by atoms with Gasteiger partial charge in [-0.05, 0) is 48.7 Å². The maximum atomic E-state index is 12.9. The average molecular weight is 336 g/mol. The molecule has 25 heavy (non-hydrogen) atoms. The maximum Gasteiger partial charge on any atom is 0.322 e. The largest absolute Gasteiger partial charge is 0.336 e. The maximum absolute atomic E-state index is 12.9. The van der Waals surface area contributed by atoms with Crippen molar-refractivity contribution in [3.63, 3.8) is 0 Å². The fourth-order valence-corrected chi connectivity index (χ4v) is 3.46. The quantitative estimate of drug-likeness (QED) is 0.916. The fourth-order valence-electron chi connectivity index (χ4n) is 3.46. The van der Waals surface area contributed by atoms with Gasteiger partial charge in [-0.3, -0.25) is 14.7 Å². The molecular weight excluding hydrogens is 316 g/mol. The molecule has 3 heterocycles. The molecule has 0 spiro atoms. The first kappa shape index (κ1) is 15.6. The van der Waals surface area contributed by atoms with Gasteiger partial charge in [0.2, 0.25) is 0 Å². The van der Waals surface area contributed by atoms with E-state index in [0.717, 1.165) is 28.1 Å². The Balaban J connectivity index is 1.60. The Labute approximate surface area is 146 Å². The van der Waals surface area contributed by atoms with E-state index in [0.29, 0.717) is 31.7 Å². The third-order valence-electron chi connectivity index (χ3n) is 4.83. The summed E-state index contributed by atoms with van der Waals surface area (Å²) in [5.41, 5.74) is 5.62. The van der Waals surface area contributed by atoms with Crippen molar-refractivity contribution in [3.05, 3.63) is 58.4 Å². The van der Waals surface area contributed by atoms with Crippen molar-refractivity contribution in [2.45, 2.75) is 26.9 Å². The lowest BCUT2D eigenvalue weighted by atomic mass is 10.1. The normalized spacial score (nSPS) is 16.2. The van der Waals surface area contributed by atoms with Crippen LogP contribution >= 0.6 is 0 Å². The molecule has 6 nitrogen and oxygen atoms in total. The highest BCUT2D eigenvalue weighted by Gasteiger charge is 2.27. The van der Waals surface area contributed by atoms with Crippen LogP contribution in [0.1, 0.15) is 32.7 Å². The standard InChI is InChI=1S/C19H20N4O2/c1-12-3-4-14(8-17(12)23-6-5-20-19(23)25)18(24)22-10-15-7-13(2)21-9-16(15)11-22/h3-4,7-9H,5-6,10-11H2,1-2H3,(H,20,25). The fraction of sp³-hybridized carbons (Fsp3) is 0.316. The number of fused-ring (bicyclic) bond motifs is 1. The van der Waals surface area contributed by atoms with E-state index in [4.69, 9.17) is 0 Å². The molecule has 1 fully saturated rings. The van der Waals surface area contributed by atoms with E-state index in [1.807, 2.05) is 49.2 Å². The number of rotatable bonds is 2. The van der Waals surface area contributed by atoms with Crippen molar-refractivity contribution in [3.8, 4) is 0 Å². The van der Waals surface area contributed by atoms with E-state index in [1.54, 1.807) is 4.90 Å². The van der Waals surface area contributed by atoms with Crippen LogP contribution in [0.4, 0.5) is 10.5 Å². The first-order valence-corrected chi connectivity index (χ1v) is 8.42. The summed E-state index contributed by atoms with van der Waals surface area (Å²) in [6.07, 6.45) is 1.85. The second kappa shape index (κ2) is 5.88. The second-order valence-electron chi connectivity index (χ2n) is 6.64. The number of aryl methyl sites for hydroxylation is 2. The van der Waals surface area contributed by atoms with Gasteiger partial charge in [0.1, 0.15) is 0 Å². The first-order valence-electron chi connectivity index (χ1n) is 8.42. The zero-order valence-electron chi connectivity index (χ0n) is 14.4. The van der Waals surface area contributed by atoms with Gasteiger partial charge >= 0.3 is 6.03 Å². The SMILES string of the molecule is Cc1cc2c(cn1)CN(C(=O)c1ccc(C)c(N3CCNC3=O)c1)C2. The summed E-state index contributed by atoms with van der Waals surface area (Å²) in [5.74, 6) is -0.0188. The van der Waals surface area contributed by atoms with Crippen LogP contribution in [0.15, 0.2) is 30.5 Å². The number of hydrogen-bond acceptors (Lipinski definition) is 3. The van der Waals surface area contributed by atoms with Crippen LogP contribution in [0.2, 0.25) is 0 Å². The van der Waals surface area contributed by atoms with Crippen LogP contribution in [0.5, 0.6) is 0 Å². The molecule has 0 aliphatic carbocycles. The number of hydrogen-bond donors (Lipinski definition) is 1. The van der Waals surface area contributed by atoms with Gasteiger partial charge in [-0.25, -0.2) is 4.79 Å². The predicted molar refractivity (Wildman–Crippen MR) is 94.5 cm³/mol. The molecule has 2 aliphatic heterocycles. The summed E-state index contributed by atoms with van der Waals surface area (Å²) in [6, 6.07) is 7.50. The van der Waals surface area contributed by atoms with Crippen molar-refractivity contribution in [2.75, 3.05) is 18.0 Å². The number of nitrogens with zero attached hydrogens (tertiary/aromatic N) is 3. The molecule has 2 aromatic rings. The Hall–Kier alpha value is -2.89. The molecule has 4 rings (SSSR count). The second-order valence-corrected chi connectivity index (χ2v) is 6.64. The molecule has 128 valence electrons. The van der Waals surface area contributed by atoms with Crippen molar-refractivity contribution in [1.82, 2.24) is 15.2 Å². The topological polar surface area (TPSA) is 65.5 Å². The van der Waals surface area contributed by atoms with E-state index >= 15 is 0 Å². The molecule has 1 aromatic heterocycles. The summed E-state index contributed by atoms with van der Waals surface area (Å²) in [6.45, 7) is 6.34. The number of carbonyl (C=O) groups is 2. The van der Waals surface area contributed by atoms with Gasteiger partial charge in [0.15, 0.2) is 0 Å². The monoisotopic (exact) mass is 336 g/mol. The minimum Gasteiger partial charge on any atom is -0.336 e. The highest BCUT2D eigenvalue weighted by atomic mass is 16.2. The lowest BCUT2D eigenvalue weighted by Crippen LogP contribution is -2.29.